The van der Waals surface area contributed by atoms with E-state index in [9.17, 15) is 4.79 Å². The predicted octanol–water partition coefficient (Wildman–Crippen LogP) is 2.22. The third-order valence-corrected chi connectivity index (χ3v) is 2.87. The number of nitriles is 1. The van der Waals surface area contributed by atoms with Crippen molar-refractivity contribution < 1.29 is 4.79 Å². The van der Waals surface area contributed by atoms with Crippen molar-refractivity contribution >= 4 is 17.3 Å². The zero-order valence-electron chi connectivity index (χ0n) is 11.8. The number of aromatic nitrogens is 2. The Labute approximate surface area is 123 Å². The van der Waals surface area contributed by atoms with E-state index in [1.807, 2.05) is 0 Å². The van der Waals surface area contributed by atoms with Gasteiger partial charge in [0.2, 0.25) is 5.91 Å². The maximum Gasteiger partial charge on any atom is 0.244 e. The first-order valence-electron chi connectivity index (χ1n) is 6.76. The molecule has 0 aliphatic heterocycles. The molecule has 6 nitrogen and oxygen atoms in total. The number of benzene rings is 1. The van der Waals surface area contributed by atoms with Crippen molar-refractivity contribution in [3.05, 3.63) is 42.5 Å². The number of carbonyl (C=O) groups excluding carboxylic acids is 1. The van der Waals surface area contributed by atoms with Crippen LogP contribution in [-0.2, 0) is 11.3 Å². The summed E-state index contributed by atoms with van der Waals surface area (Å²) in [5.41, 5.74) is 1.94. The van der Waals surface area contributed by atoms with Crippen LogP contribution in [0.5, 0.6) is 0 Å². The molecule has 0 bridgehead atoms. The molecule has 2 N–H and O–H groups in total. The highest BCUT2D eigenvalue weighted by Gasteiger charge is 2.08. The van der Waals surface area contributed by atoms with E-state index in [2.05, 4.69) is 28.6 Å². The fourth-order valence-electron chi connectivity index (χ4n) is 1.87. The van der Waals surface area contributed by atoms with Crippen molar-refractivity contribution in [2.24, 2.45) is 0 Å². The highest BCUT2D eigenvalue weighted by Crippen LogP contribution is 2.23. The van der Waals surface area contributed by atoms with E-state index < -0.39 is 0 Å². The lowest BCUT2D eigenvalue weighted by atomic mass is 10.2. The molecule has 0 aliphatic carbocycles. The third-order valence-electron chi connectivity index (χ3n) is 2.87. The van der Waals surface area contributed by atoms with Gasteiger partial charge in [0, 0.05) is 18.9 Å². The summed E-state index contributed by atoms with van der Waals surface area (Å²) in [5, 5.41) is 15.0. The van der Waals surface area contributed by atoms with Crippen molar-refractivity contribution in [1.29, 1.82) is 5.26 Å². The van der Waals surface area contributed by atoms with E-state index in [0.29, 0.717) is 11.3 Å². The third kappa shape index (κ3) is 4.08. The molecule has 1 amide bonds. The lowest BCUT2D eigenvalue weighted by Gasteiger charge is -2.13. The maximum atomic E-state index is 12.0. The van der Waals surface area contributed by atoms with Crippen LogP contribution < -0.4 is 10.6 Å². The van der Waals surface area contributed by atoms with Gasteiger partial charge in [-0.1, -0.05) is 6.92 Å². The van der Waals surface area contributed by atoms with Gasteiger partial charge in [0.15, 0.2) is 0 Å². The number of imidazole rings is 1. The summed E-state index contributed by atoms with van der Waals surface area (Å²) >= 11 is 0. The van der Waals surface area contributed by atoms with Crippen LogP contribution in [0.3, 0.4) is 0 Å². The summed E-state index contributed by atoms with van der Waals surface area (Å²) in [4.78, 5) is 15.9. The number of hydrogen-bond acceptors (Lipinski definition) is 4. The molecule has 1 aromatic carbocycles. The number of nitrogens with zero attached hydrogens (tertiary/aromatic N) is 3. The first kappa shape index (κ1) is 14.6. The SMILES string of the molecule is CCCNc1ccc(C#N)cc1NC(=O)Cn1ccnc1. The Morgan fingerprint density at radius 2 is 2.29 bits per heavy atom. The van der Waals surface area contributed by atoms with E-state index in [-0.39, 0.29) is 12.5 Å². The minimum Gasteiger partial charge on any atom is -0.383 e. The van der Waals surface area contributed by atoms with Crippen LogP contribution >= 0.6 is 0 Å². The zero-order chi connectivity index (χ0) is 15.1. The number of anilines is 2. The molecule has 0 atom stereocenters. The second-order valence-electron chi connectivity index (χ2n) is 4.58. The Hall–Kier alpha value is -2.81. The second kappa shape index (κ2) is 7.10. The number of hydrogen-bond donors (Lipinski definition) is 2. The first-order valence-corrected chi connectivity index (χ1v) is 6.76. The summed E-state index contributed by atoms with van der Waals surface area (Å²) < 4.78 is 1.68. The van der Waals surface area contributed by atoms with Crippen LogP contribution in [0.2, 0.25) is 0 Å². The van der Waals surface area contributed by atoms with Gasteiger partial charge < -0.3 is 15.2 Å². The average Bonchev–Trinajstić information content (AvgIpc) is 2.98. The van der Waals surface area contributed by atoms with Crippen molar-refractivity contribution in [3.8, 4) is 6.07 Å². The topological polar surface area (TPSA) is 82.7 Å². The lowest BCUT2D eigenvalue weighted by molar-refractivity contribution is -0.116. The van der Waals surface area contributed by atoms with Gasteiger partial charge in [-0.05, 0) is 24.6 Å². The van der Waals surface area contributed by atoms with Gasteiger partial charge in [0.25, 0.3) is 0 Å². The molecule has 0 unspecified atom stereocenters. The number of carbonyl (C=O) groups is 1. The number of rotatable bonds is 6. The van der Waals surface area contributed by atoms with E-state index in [1.165, 1.54) is 0 Å². The second-order valence-corrected chi connectivity index (χ2v) is 4.58. The summed E-state index contributed by atoms with van der Waals surface area (Å²) in [6.45, 7) is 3.05. The Morgan fingerprint density at radius 1 is 1.43 bits per heavy atom. The van der Waals surface area contributed by atoms with Gasteiger partial charge in [-0.15, -0.1) is 0 Å². The molecule has 0 radical (unpaired) electrons. The lowest BCUT2D eigenvalue weighted by Crippen LogP contribution is -2.19. The molecule has 0 saturated carbocycles. The normalized spacial score (nSPS) is 9.90. The van der Waals surface area contributed by atoms with Gasteiger partial charge >= 0.3 is 0 Å². The molecular weight excluding hydrogens is 266 g/mol. The monoisotopic (exact) mass is 283 g/mol. The highest BCUT2D eigenvalue weighted by molar-refractivity contribution is 5.94. The summed E-state index contributed by atoms with van der Waals surface area (Å²) in [6, 6.07) is 7.28. The first-order chi connectivity index (χ1) is 10.2. The minimum absolute atomic E-state index is 0.164. The molecular formula is C15H17N5O. The zero-order valence-corrected chi connectivity index (χ0v) is 11.8. The fourth-order valence-corrected chi connectivity index (χ4v) is 1.87. The molecule has 1 aromatic heterocycles. The van der Waals surface area contributed by atoms with Crippen LogP contribution in [-0.4, -0.2) is 22.0 Å². The molecule has 0 saturated heterocycles. The molecule has 2 rings (SSSR count). The van der Waals surface area contributed by atoms with Crippen molar-refractivity contribution in [1.82, 2.24) is 9.55 Å². The smallest absolute Gasteiger partial charge is 0.244 e. The van der Waals surface area contributed by atoms with Crippen LogP contribution in [0.4, 0.5) is 11.4 Å². The molecule has 0 spiro atoms. The van der Waals surface area contributed by atoms with Gasteiger partial charge in [-0.25, -0.2) is 4.98 Å². The Balaban J connectivity index is 2.12. The predicted molar refractivity (Wildman–Crippen MR) is 80.8 cm³/mol. The van der Waals surface area contributed by atoms with Crippen molar-refractivity contribution in [2.45, 2.75) is 19.9 Å². The van der Waals surface area contributed by atoms with Crippen LogP contribution in [0, 0.1) is 11.3 Å². The average molecular weight is 283 g/mol. The van der Waals surface area contributed by atoms with Gasteiger partial charge in [-0.2, -0.15) is 5.26 Å². The number of nitrogens with one attached hydrogen (secondary N) is 2. The molecule has 21 heavy (non-hydrogen) atoms. The van der Waals surface area contributed by atoms with Crippen molar-refractivity contribution in [2.75, 3.05) is 17.2 Å². The van der Waals surface area contributed by atoms with E-state index in [0.717, 1.165) is 18.7 Å². The molecule has 2 aromatic rings. The maximum absolute atomic E-state index is 12.0. The van der Waals surface area contributed by atoms with E-state index >= 15 is 0 Å². The summed E-state index contributed by atoms with van der Waals surface area (Å²) in [5.74, 6) is -0.164. The molecule has 6 heteroatoms. The fraction of sp³-hybridized carbons (Fsp3) is 0.267. The Morgan fingerprint density at radius 3 is 2.95 bits per heavy atom. The highest BCUT2D eigenvalue weighted by atomic mass is 16.1. The minimum atomic E-state index is -0.164. The standard InChI is InChI=1S/C15H17N5O/c1-2-5-18-13-4-3-12(9-16)8-14(13)19-15(21)10-20-7-6-17-11-20/h3-4,6-8,11,18H,2,5,10H2,1H3,(H,19,21). The van der Waals surface area contributed by atoms with Gasteiger partial charge in [0.1, 0.15) is 6.54 Å². The molecule has 1 heterocycles. The van der Waals surface area contributed by atoms with Gasteiger partial charge in [-0.3, -0.25) is 4.79 Å². The van der Waals surface area contributed by atoms with Gasteiger partial charge in [0.05, 0.1) is 29.3 Å². The number of amides is 1. The van der Waals surface area contributed by atoms with E-state index in [1.54, 1.807) is 41.5 Å². The van der Waals surface area contributed by atoms with Crippen LogP contribution in [0.1, 0.15) is 18.9 Å². The summed E-state index contributed by atoms with van der Waals surface area (Å²) in [6.07, 6.45) is 5.91. The molecule has 0 aliphatic rings. The van der Waals surface area contributed by atoms with E-state index in [4.69, 9.17) is 5.26 Å². The quantitative estimate of drug-likeness (QED) is 0.851. The Bertz CT molecular complexity index is 643. The molecule has 108 valence electrons. The van der Waals surface area contributed by atoms with Crippen molar-refractivity contribution in [3.63, 3.8) is 0 Å². The Kier molecular flexibility index (Phi) is 4.94. The van der Waals surface area contributed by atoms with Crippen LogP contribution in [0.15, 0.2) is 36.9 Å². The molecule has 0 fully saturated rings. The summed E-state index contributed by atoms with van der Waals surface area (Å²) in [7, 11) is 0. The largest absolute Gasteiger partial charge is 0.383 e. The van der Waals surface area contributed by atoms with Crippen LogP contribution in [0.25, 0.3) is 0 Å².